The van der Waals surface area contributed by atoms with Crippen molar-refractivity contribution in [1.82, 2.24) is 4.90 Å². The zero-order valence-corrected chi connectivity index (χ0v) is 18.1. The van der Waals surface area contributed by atoms with Gasteiger partial charge in [-0.15, -0.1) is 0 Å². The minimum atomic E-state index is -0.496. The molecule has 1 amide bonds. The van der Waals surface area contributed by atoms with Gasteiger partial charge in [-0.2, -0.15) is 0 Å². The van der Waals surface area contributed by atoms with Gasteiger partial charge in [0.15, 0.2) is 6.23 Å². The van der Waals surface area contributed by atoms with Gasteiger partial charge in [0.1, 0.15) is 0 Å². The molecule has 0 bridgehead atoms. The first-order valence-corrected chi connectivity index (χ1v) is 10.2. The van der Waals surface area contributed by atoms with Gasteiger partial charge < -0.3 is 19.1 Å². The number of rotatable bonds is 11. The van der Waals surface area contributed by atoms with E-state index in [0.717, 1.165) is 11.1 Å². The summed E-state index contributed by atoms with van der Waals surface area (Å²) in [5.74, 6) is -0.0977. The highest BCUT2D eigenvalue weighted by Crippen LogP contribution is 2.25. The molecule has 0 saturated carbocycles. The molecular formula is C24H33NO4. The van der Waals surface area contributed by atoms with E-state index in [1.165, 1.54) is 0 Å². The van der Waals surface area contributed by atoms with Gasteiger partial charge in [0, 0.05) is 19.2 Å². The highest BCUT2D eigenvalue weighted by Gasteiger charge is 2.28. The molecule has 0 heterocycles. The molecule has 0 aliphatic heterocycles. The molecule has 0 aromatic heterocycles. The number of hydrogen-bond acceptors (Lipinski definition) is 4. The first kappa shape index (κ1) is 23.1. The Morgan fingerprint density at radius 1 is 0.931 bits per heavy atom. The molecule has 158 valence electrons. The van der Waals surface area contributed by atoms with Crippen molar-refractivity contribution in [2.75, 3.05) is 26.9 Å². The molecule has 5 heteroatoms. The van der Waals surface area contributed by atoms with Crippen molar-refractivity contribution in [2.45, 2.75) is 46.1 Å². The molecule has 0 fully saturated rings. The second-order valence-corrected chi connectivity index (χ2v) is 7.42. The molecule has 29 heavy (non-hydrogen) atoms. The van der Waals surface area contributed by atoms with Crippen LogP contribution in [0.1, 0.15) is 38.1 Å². The summed E-state index contributed by atoms with van der Waals surface area (Å²) in [5.41, 5.74) is 2.54. The lowest BCUT2D eigenvalue weighted by molar-refractivity contribution is -0.121. The summed E-state index contributed by atoms with van der Waals surface area (Å²) in [5, 5.41) is 0. The van der Waals surface area contributed by atoms with Gasteiger partial charge in [0.25, 0.3) is 5.91 Å². The van der Waals surface area contributed by atoms with Gasteiger partial charge >= 0.3 is 0 Å². The summed E-state index contributed by atoms with van der Waals surface area (Å²) in [6.45, 7) is 8.99. The van der Waals surface area contributed by atoms with Crippen molar-refractivity contribution in [3.05, 3.63) is 60.2 Å². The number of carbonyl (C=O) groups is 1. The lowest BCUT2D eigenvalue weighted by Crippen LogP contribution is -2.47. The molecule has 0 aliphatic rings. The maximum atomic E-state index is 13.6. The van der Waals surface area contributed by atoms with Crippen molar-refractivity contribution >= 4 is 5.91 Å². The molecule has 2 rings (SSSR count). The van der Waals surface area contributed by atoms with Gasteiger partial charge in [-0.25, -0.2) is 0 Å². The third-order valence-electron chi connectivity index (χ3n) is 4.39. The zero-order valence-electron chi connectivity index (χ0n) is 18.1. The lowest BCUT2D eigenvalue weighted by atomic mass is 9.99. The molecule has 0 spiro atoms. The largest absolute Gasteiger partial charge is 0.383 e. The molecule has 2 aromatic carbocycles. The van der Waals surface area contributed by atoms with Crippen LogP contribution in [0.4, 0.5) is 0 Å². The average molecular weight is 400 g/mol. The highest BCUT2D eigenvalue weighted by molar-refractivity contribution is 6.01. The van der Waals surface area contributed by atoms with Crippen LogP contribution in [0, 0.1) is 0 Å². The first-order valence-electron chi connectivity index (χ1n) is 10.2. The van der Waals surface area contributed by atoms with Crippen molar-refractivity contribution < 1.29 is 19.0 Å². The van der Waals surface area contributed by atoms with Crippen LogP contribution in [0.5, 0.6) is 0 Å². The van der Waals surface area contributed by atoms with Crippen LogP contribution in [0.2, 0.25) is 0 Å². The van der Waals surface area contributed by atoms with E-state index in [1.807, 2.05) is 82.3 Å². The molecule has 0 aliphatic carbocycles. The Hall–Kier alpha value is -2.21. The minimum Gasteiger partial charge on any atom is -0.383 e. The Morgan fingerprint density at radius 2 is 1.59 bits per heavy atom. The number of nitrogens with zero attached hydrogens (tertiary/aromatic N) is 1. The molecular weight excluding hydrogens is 366 g/mol. The maximum absolute atomic E-state index is 13.6. The summed E-state index contributed by atoms with van der Waals surface area (Å²) < 4.78 is 17.1. The summed E-state index contributed by atoms with van der Waals surface area (Å²) in [7, 11) is 1.63. The Morgan fingerprint density at radius 3 is 2.21 bits per heavy atom. The number of benzene rings is 2. The van der Waals surface area contributed by atoms with Crippen LogP contribution in [0.3, 0.4) is 0 Å². The van der Waals surface area contributed by atoms with E-state index in [1.54, 1.807) is 12.0 Å². The summed E-state index contributed by atoms with van der Waals surface area (Å²) in [4.78, 5) is 15.4. The Bertz CT molecular complexity index is 746. The van der Waals surface area contributed by atoms with Gasteiger partial charge in [-0.3, -0.25) is 4.79 Å². The topological polar surface area (TPSA) is 48.0 Å². The minimum absolute atomic E-state index is 0.0435. The van der Waals surface area contributed by atoms with Crippen molar-refractivity contribution in [3.8, 4) is 11.1 Å². The van der Waals surface area contributed by atoms with Crippen molar-refractivity contribution in [3.63, 3.8) is 0 Å². The van der Waals surface area contributed by atoms with E-state index in [0.29, 0.717) is 25.3 Å². The van der Waals surface area contributed by atoms with Crippen LogP contribution in [-0.2, 0) is 14.2 Å². The fourth-order valence-corrected chi connectivity index (χ4v) is 3.05. The van der Waals surface area contributed by atoms with Crippen LogP contribution >= 0.6 is 0 Å². The second-order valence-electron chi connectivity index (χ2n) is 7.42. The summed E-state index contributed by atoms with van der Waals surface area (Å²) in [6, 6.07) is 17.6. The molecule has 1 atom stereocenters. The van der Waals surface area contributed by atoms with Gasteiger partial charge in [0.05, 0.1) is 25.4 Å². The predicted octanol–water partition coefficient (Wildman–Crippen LogP) is 4.62. The monoisotopic (exact) mass is 399 g/mol. The van der Waals surface area contributed by atoms with Gasteiger partial charge in [-0.05, 0) is 44.9 Å². The number of hydrogen-bond donors (Lipinski definition) is 0. The van der Waals surface area contributed by atoms with Crippen molar-refractivity contribution in [2.24, 2.45) is 0 Å². The van der Waals surface area contributed by atoms with Crippen LogP contribution in [0.25, 0.3) is 11.1 Å². The lowest BCUT2D eigenvalue weighted by Gasteiger charge is -2.33. The smallest absolute Gasteiger partial charge is 0.256 e. The maximum Gasteiger partial charge on any atom is 0.256 e. The van der Waals surface area contributed by atoms with E-state index in [4.69, 9.17) is 14.2 Å². The third kappa shape index (κ3) is 6.96. The quantitative estimate of drug-likeness (QED) is 0.518. The molecule has 2 aromatic rings. The summed E-state index contributed by atoms with van der Waals surface area (Å²) >= 11 is 0. The Labute approximate surface area is 174 Å². The SMILES string of the molecule is COCCN(C(=O)c1ccccc1-c1ccccc1)C(COC(C)C)OC(C)C. The number of amides is 1. The Kier molecular flexibility index (Phi) is 9.32. The van der Waals surface area contributed by atoms with E-state index < -0.39 is 6.23 Å². The number of methoxy groups -OCH3 is 1. The van der Waals surface area contributed by atoms with Crippen molar-refractivity contribution in [1.29, 1.82) is 0 Å². The van der Waals surface area contributed by atoms with E-state index in [2.05, 4.69) is 0 Å². The number of ether oxygens (including phenoxy) is 3. The predicted molar refractivity (Wildman–Crippen MR) is 116 cm³/mol. The molecule has 1 unspecified atom stereocenters. The molecule has 0 radical (unpaired) electrons. The Balaban J connectivity index is 2.39. The van der Waals surface area contributed by atoms with Crippen LogP contribution < -0.4 is 0 Å². The number of carbonyl (C=O) groups excluding carboxylic acids is 1. The van der Waals surface area contributed by atoms with Crippen LogP contribution in [0.15, 0.2) is 54.6 Å². The normalized spacial score (nSPS) is 12.4. The average Bonchev–Trinajstić information content (AvgIpc) is 2.72. The third-order valence-corrected chi connectivity index (χ3v) is 4.39. The van der Waals surface area contributed by atoms with E-state index in [-0.39, 0.29) is 18.1 Å². The zero-order chi connectivity index (χ0) is 21.2. The molecule has 5 nitrogen and oxygen atoms in total. The van der Waals surface area contributed by atoms with E-state index >= 15 is 0 Å². The molecule has 0 saturated heterocycles. The standard InChI is InChI=1S/C24H33NO4/c1-18(2)28-17-23(29-19(3)4)25(15-16-27-5)24(26)22-14-10-9-13-21(22)20-11-7-6-8-12-20/h6-14,18-19,23H,15-17H2,1-5H3. The summed E-state index contributed by atoms with van der Waals surface area (Å²) in [6.07, 6.45) is -0.494. The fraction of sp³-hybridized carbons (Fsp3) is 0.458. The second kappa shape index (κ2) is 11.7. The highest BCUT2D eigenvalue weighted by atomic mass is 16.6. The van der Waals surface area contributed by atoms with Crippen LogP contribution in [-0.4, -0.2) is 56.1 Å². The molecule has 0 N–H and O–H groups in total. The van der Waals surface area contributed by atoms with Gasteiger partial charge in [-0.1, -0.05) is 48.5 Å². The fourth-order valence-electron chi connectivity index (χ4n) is 3.05. The van der Waals surface area contributed by atoms with Gasteiger partial charge in [0.2, 0.25) is 0 Å². The first-order chi connectivity index (χ1) is 13.9. The van der Waals surface area contributed by atoms with E-state index in [9.17, 15) is 4.79 Å².